The van der Waals surface area contributed by atoms with Gasteiger partial charge in [0.25, 0.3) is 5.91 Å². The molecule has 0 aliphatic heterocycles. The minimum absolute atomic E-state index is 0.0379. The molecule has 0 radical (unpaired) electrons. The fourth-order valence-electron chi connectivity index (χ4n) is 2.44. The Morgan fingerprint density at radius 1 is 1.08 bits per heavy atom. The van der Waals surface area contributed by atoms with Crippen molar-refractivity contribution in [2.45, 2.75) is 0 Å². The minimum atomic E-state index is -1.19. The molecular formula is C19H15NO6. The van der Waals surface area contributed by atoms with Gasteiger partial charge >= 0.3 is 5.97 Å². The highest BCUT2D eigenvalue weighted by molar-refractivity contribution is 6.09. The largest absolute Gasteiger partial charge is 0.507 e. The molecule has 0 unspecified atom stereocenters. The Kier molecular flexibility index (Phi) is 4.62. The quantitative estimate of drug-likeness (QED) is 0.646. The van der Waals surface area contributed by atoms with E-state index in [1.54, 1.807) is 18.2 Å². The van der Waals surface area contributed by atoms with Crippen LogP contribution in [-0.4, -0.2) is 29.2 Å². The summed E-state index contributed by atoms with van der Waals surface area (Å²) in [7, 11) is 1.43. The molecule has 132 valence electrons. The fraction of sp³-hybridized carbons (Fsp3) is 0.0526. The van der Waals surface area contributed by atoms with E-state index in [4.69, 9.17) is 9.15 Å². The molecule has 0 atom stereocenters. The Labute approximate surface area is 148 Å². The molecule has 0 saturated carbocycles. The Morgan fingerprint density at radius 2 is 1.88 bits per heavy atom. The molecular weight excluding hydrogens is 338 g/mol. The first-order chi connectivity index (χ1) is 12.5. The molecule has 3 N–H and O–H groups in total. The standard InChI is InChI=1S/C19H15NO6/c1-25-12-5-7-16(21)14(10-12)18(22)20-15-9-11(17-3-2-8-26-17)4-6-13(15)19(23)24/h2-10,21H,1H3,(H,20,22)(H,23,24). The SMILES string of the molecule is COc1ccc(O)c(C(=O)Nc2cc(-c3ccco3)ccc2C(=O)O)c1. The van der Waals surface area contributed by atoms with Crippen LogP contribution in [0.2, 0.25) is 0 Å². The second-order valence-electron chi connectivity index (χ2n) is 5.38. The molecule has 3 aromatic rings. The maximum Gasteiger partial charge on any atom is 0.337 e. The highest BCUT2D eigenvalue weighted by atomic mass is 16.5. The lowest BCUT2D eigenvalue weighted by Gasteiger charge is -2.12. The number of methoxy groups -OCH3 is 1. The lowest BCUT2D eigenvalue weighted by Crippen LogP contribution is -2.15. The predicted octanol–water partition coefficient (Wildman–Crippen LogP) is 3.61. The number of benzene rings is 2. The van der Waals surface area contributed by atoms with Crippen molar-refractivity contribution in [2.75, 3.05) is 12.4 Å². The van der Waals surface area contributed by atoms with Gasteiger partial charge in [0, 0.05) is 5.56 Å². The average Bonchev–Trinajstić information content (AvgIpc) is 3.16. The normalized spacial score (nSPS) is 10.3. The van der Waals surface area contributed by atoms with Gasteiger partial charge in [0.05, 0.1) is 30.2 Å². The van der Waals surface area contributed by atoms with Gasteiger partial charge in [0.1, 0.15) is 17.3 Å². The Bertz CT molecular complexity index is 962. The van der Waals surface area contributed by atoms with E-state index in [1.165, 1.54) is 43.7 Å². The highest BCUT2D eigenvalue weighted by Gasteiger charge is 2.18. The van der Waals surface area contributed by atoms with Crippen molar-refractivity contribution in [3.05, 3.63) is 65.9 Å². The van der Waals surface area contributed by atoms with E-state index < -0.39 is 11.9 Å². The summed E-state index contributed by atoms with van der Waals surface area (Å²) in [6.07, 6.45) is 1.49. The third-order valence-corrected chi connectivity index (χ3v) is 3.75. The number of aromatic carboxylic acids is 1. The number of hydrogen-bond acceptors (Lipinski definition) is 5. The van der Waals surface area contributed by atoms with Gasteiger partial charge in [-0.25, -0.2) is 4.79 Å². The van der Waals surface area contributed by atoms with Crippen LogP contribution in [0.15, 0.2) is 59.2 Å². The number of carbonyl (C=O) groups is 2. The number of nitrogens with one attached hydrogen (secondary N) is 1. The molecule has 1 heterocycles. The monoisotopic (exact) mass is 353 g/mol. The molecule has 7 heteroatoms. The van der Waals surface area contributed by atoms with E-state index in [2.05, 4.69) is 5.32 Å². The molecule has 26 heavy (non-hydrogen) atoms. The van der Waals surface area contributed by atoms with Crippen molar-refractivity contribution in [1.29, 1.82) is 0 Å². The lowest BCUT2D eigenvalue weighted by molar-refractivity contribution is 0.0698. The number of carboxylic acid groups (broad SMARTS) is 1. The molecule has 0 aliphatic carbocycles. The zero-order valence-electron chi connectivity index (χ0n) is 13.7. The van der Waals surface area contributed by atoms with Crippen molar-refractivity contribution < 1.29 is 29.0 Å². The van der Waals surface area contributed by atoms with Crippen LogP contribution in [0, 0.1) is 0 Å². The Morgan fingerprint density at radius 3 is 2.54 bits per heavy atom. The van der Waals surface area contributed by atoms with Crippen LogP contribution in [0.5, 0.6) is 11.5 Å². The van der Waals surface area contributed by atoms with Gasteiger partial charge in [-0.15, -0.1) is 0 Å². The smallest absolute Gasteiger partial charge is 0.337 e. The highest BCUT2D eigenvalue weighted by Crippen LogP contribution is 2.28. The van der Waals surface area contributed by atoms with Crippen LogP contribution in [0.4, 0.5) is 5.69 Å². The maximum absolute atomic E-state index is 12.5. The predicted molar refractivity (Wildman–Crippen MR) is 93.7 cm³/mol. The van der Waals surface area contributed by atoms with Crippen molar-refractivity contribution in [1.82, 2.24) is 0 Å². The topological polar surface area (TPSA) is 109 Å². The molecule has 0 fully saturated rings. The van der Waals surface area contributed by atoms with Gasteiger partial charge in [0.2, 0.25) is 0 Å². The van der Waals surface area contributed by atoms with Gasteiger partial charge in [-0.3, -0.25) is 4.79 Å². The number of ether oxygens (including phenoxy) is 1. The van der Waals surface area contributed by atoms with Crippen molar-refractivity contribution in [3.63, 3.8) is 0 Å². The van der Waals surface area contributed by atoms with Crippen LogP contribution in [0.25, 0.3) is 11.3 Å². The molecule has 0 saturated heterocycles. The number of phenolic OH excluding ortho intramolecular Hbond substituents is 1. The molecule has 0 bridgehead atoms. The van der Waals surface area contributed by atoms with Crippen LogP contribution >= 0.6 is 0 Å². The van der Waals surface area contributed by atoms with E-state index in [1.807, 2.05) is 0 Å². The van der Waals surface area contributed by atoms with Gasteiger partial charge in [-0.05, 0) is 42.5 Å². The van der Waals surface area contributed by atoms with Crippen molar-refractivity contribution in [2.24, 2.45) is 0 Å². The second kappa shape index (κ2) is 7.02. The first-order valence-corrected chi connectivity index (χ1v) is 7.59. The number of phenols is 1. The third-order valence-electron chi connectivity index (χ3n) is 3.75. The van der Waals surface area contributed by atoms with E-state index in [9.17, 15) is 19.8 Å². The molecule has 0 spiro atoms. The number of hydrogen-bond donors (Lipinski definition) is 3. The van der Waals surface area contributed by atoms with Crippen molar-refractivity contribution >= 4 is 17.6 Å². The summed E-state index contributed by atoms with van der Waals surface area (Å²) in [5.74, 6) is -1.19. The van der Waals surface area contributed by atoms with Crippen LogP contribution in [0.1, 0.15) is 20.7 Å². The van der Waals surface area contributed by atoms with E-state index in [0.717, 1.165) is 0 Å². The molecule has 0 aliphatic rings. The number of aromatic hydroxyl groups is 1. The number of amides is 1. The zero-order chi connectivity index (χ0) is 18.7. The van der Waals surface area contributed by atoms with Gasteiger partial charge < -0.3 is 24.7 Å². The number of carboxylic acids is 1. The summed E-state index contributed by atoms with van der Waals surface area (Å²) in [5.41, 5.74) is 0.559. The van der Waals surface area contributed by atoms with Gasteiger partial charge in [0.15, 0.2) is 0 Å². The fourth-order valence-corrected chi connectivity index (χ4v) is 2.44. The Hall–Kier alpha value is -3.74. The summed E-state index contributed by atoms with van der Waals surface area (Å²) in [6, 6.07) is 12.1. The van der Waals surface area contributed by atoms with Gasteiger partial charge in [-0.2, -0.15) is 0 Å². The first kappa shape index (κ1) is 17.1. The van der Waals surface area contributed by atoms with Crippen LogP contribution in [0.3, 0.4) is 0 Å². The van der Waals surface area contributed by atoms with E-state index in [0.29, 0.717) is 17.1 Å². The van der Waals surface area contributed by atoms with Crippen molar-refractivity contribution in [3.8, 4) is 22.8 Å². The summed E-state index contributed by atoms with van der Waals surface area (Å²) < 4.78 is 10.3. The summed E-state index contributed by atoms with van der Waals surface area (Å²) >= 11 is 0. The molecule has 1 aromatic heterocycles. The van der Waals surface area contributed by atoms with Crippen LogP contribution in [-0.2, 0) is 0 Å². The summed E-state index contributed by atoms with van der Waals surface area (Å²) in [5, 5.41) is 21.8. The number of carbonyl (C=O) groups excluding carboxylic acids is 1. The molecule has 2 aromatic carbocycles. The lowest BCUT2D eigenvalue weighted by atomic mass is 10.1. The number of furan rings is 1. The minimum Gasteiger partial charge on any atom is -0.507 e. The zero-order valence-corrected chi connectivity index (χ0v) is 13.7. The number of rotatable bonds is 5. The van der Waals surface area contributed by atoms with E-state index in [-0.39, 0.29) is 22.6 Å². The first-order valence-electron chi connectivity index (χ1n) is 7.59. The number of anilines is 1. The summed E-state index contributed by atoms with van der Waals surface area (Å²) in [4.78, 5) is 24.0. The van der Waals surface area contributed by atoms with E-state index >= 15 is 0 Å². The Balaban J connectivity index is 1.99. The van der Waals surface area contributed by atoms with Gasteiger partial charge in [-0.1, -0.05) is 6.07 Å². The third kappa shape index (κ3) is 3.36. The molecule has 3 rings (SSSR count). The average molecular weight is 353 g/mol. The molecule has 1 amide bonds. The maximum atomic E-state index is 12.5. The second-order valence-corrected chi connectivity index (χ2v) is 5.38. The molecule has 7 nitrogen and oxygen atoms in total. The van der Waals surface area contributed by atoms with Crippen LogP contribution < -0.4 is 10.1 Å². The summed E-state index contributed by atoms with van der Waals surface area (Å²) in [6.45, 7) is 0.